The van der Waals surface area contributed by atoms with Crippen molar-refractivity contribution in [1.29, 1.82) is 0 Å². The molecule has 0 heterocycles. The molecule has 3 rings (SSSR count). The highest BCUT2D eigenvalue weighted by molar-refractivity contribution is 5.94. The second kappa shape index (κ2) is 8.34. The van der Waals surface area contributed by atoms with Crippen molar-refractivity contribution in [2.24, 2.45) is 0 Å². The molecule has 3 aromatic rings. The van der Waals surface area contributed by atoms with Crippen LogP contribution < -0.4 is 10.1 Å². The van der Waals surface area contributed by atoms with Crippen LogP contribution in [0, 0.1) is 6.92 Å². The summed E-state index contributed by atoms with van der Waals surface area (Å²) in [7, 11) is 0. The van der Waals surface area contributed by atoms with E-state index in [1.165, 1.54) is 5.56 Å². The van der Waals surface area contributed by atoms with Crippen LogP contribution in [0.4, 0.5) is 5.69 Å². The van der Waals surface area contributed by atoms with Crippen LogP contribution in [0.3, 0.4) is 0 Å². The lowest BCUT2D eigenvalue weighted by Gasteiger charge is -2.17. The Labute approximate surface area is 154 Å². The van der Waals surface area contributed by atoms with Gasteiger partial charge in [-0.3, -0.25) is 4.79 Å². The van der Waals surface area contributed by atoms with E-state index in [-0.39, 0.29) is 5.91 Å². The Hall–Kier alpha value is -3.07. The monoisotopic (exact) mass is 345 g/mol. The third-order valence-corrected chi connectivity index (χ3v) is 4.18. The predicted octanol–water partition coefficient (Wildman–Crippen LogP) is 4.99. The lowest BCUT2D eigenvalue weighted by molar-refractivity contribution is -0.122. The number of amides is 1. The van der Waals surface area contributed by atoms with Gasteiger partial charge < -0.3 is 10.1 Å². The van der Waals surface area contributed by atoms with Gasteiger partial charge in [0.25, 0.3) is 5.91 Å². The molecule has 0 saturated carbocycles. The van der Waals surface area contributed by atoms with Crippen molar-refractivity contribution in [3.8, 4) is 5.75 Å². The van der Waals surface area contributed by atoms with Gasteiger partial charge in [0, 0.05) is 5.69 Å². The molecule has 3 heteroatoms. The number of para-hydroxylation sites is 1. The van der Waals surface area contributed by atoms with Crippen molar-refractivity contribution in [2.75, 3.05) is 5.32 Å². The van der Waals surface area contributed by atoms with Crippen LogP contribution in [0.5, 0.6) is 5.75 Å². The SMILES string of the molecule is Cc1cccc(O[C@H](C)C(=O)Nc2ccccc2Cc2ccccc2)c1. The molecule has 0 fully saturated rings. The molecule has 0 radical (unpaired) electrons. The highest BCUT2D eigenvalue weighted by Gasteiger charge is 2.16. The van der Waals surface area contributed by atoms with Crippen molar-refractivity contribution in [1.82, 2.24) is 0 Å². The number of ether oxygens (including phenoxy) is 1. The second-order valence-electron chi connectivity index (χ2n) is 6.39. The van der Waals surface area contributed by atoms with E-state index in [1.807, 2.05) is 73.7 Å². The number of nitrogens with one attached hydrogen (secondary N) is 1. The standard InChI is InChI=1S/C23H23NO2/c1-17-9-8-13-21(15-17)26-18(2)23(25)24-22-14-7-6-12-20(22)16-19-10-4-3-5-11-19/h3-15,18H,16H2,1-2H3,(H,24,25)/t18-/m1/s1. The average Bonchev–Trinajstić information content (AvgIpc) is 2.64. The third-order valence-electron chi connectivity index (χ3n) is 4.18. The number of rotatable bonds is 6. The number of hydrogen-bond donors (Lipinski definition) is 1. The Kier molecular flexibility index (Phi) is 5.69. The smallest absolute Gasteiger partial charge is 0.265 e. The van der Waals surface area contributed by atoms with Crippen LogP contribution in [-0.4, -0.2) is 12.0 Å². The number of hydrogen-bond acceptors (Lipinski definition) is 2. The van der Waals surface area contributed by atoms with Gasteiger partial charge in [-0.05, 0) is 55.2 Å². The molecule has 132 valence electrons. The zero-order chi connectivity index (χ0) is 18.4. The van der Waals surface area contributed by atoms with Gasteiger partial charge in [-0.2, -0.15) is 0 Å². The molecule has 0 saturated heterocycles. The Balaban J connectivity index is 1.69. The third kappa shape index (κ3) is 4.73. The van der Waals surface area contributed by atoms with Crippen LogP contribution in [0.15, 0.2) is 78.9 Å². The molecular weight excluding hydrogens is 322 g/mol. The molecule has 1 amide bonds. The largest absolute Gasteiger partial charge is 0.481 e. The van der Waals surface area contributed by atoms with E-state index in [1.54, 1.807) is 6.92 Å². The van der Waals surface area contributed by atoms with Gasteiger partial charge in [-0.15, -0.1) is 0 Å². The lowest BCUT2D eigenvalue weighted by atomic mass is 10.0. The highest BCUT2D eigenvalue weighted by atomic mass is 16.5. The van der Waals surface area contributed by atoms with Crippen LogP contribution in [0.25, 0.3) is 0 Å². The molecule has 0 spiro atoms. The molecule has 3 nitrogen and oxygen atoms in total. The quantitative estimate of drug-likeness (QED) is 0.683. The Bertz CT molecular complexity index is 874. The zero-order valence-corrected chi connectivity index (χ0v) is 15.1. The Morgan fingerprint density at radius 3 is 2.46 bits per heavy atom. The van der Waals surface area contributed by atoms with Gasteiger partial charge in [0.15, 0.2) is 6.10 Å². The van der Waals surface area contributed by atoms with Gasteiger partial charge >= 0.3 is 0 Å². The second-order valence-corrected chi connectivity index (χ2v) is 6.39. The summed E-state index contributed by atoms with van der Waals surface area (Å²) in [6.45, 7) is 3.76. The van der Waals surface area contributed by atoms with Crippen LogP contribution >= 0.6 is 0 Å². The molecular formula is C23H23NO2. The average molecular weight is 345 g/mol. The molecule has 3 aromatic carbocycles. The fourth-order valence-corrected chi connectivity index (χ4v) is 2.79. The summed E-state index contributed by atoms with van der Waals surface area (Å²) in [5.41, 5.74) is 4.21. The maximum Gasteiger partial charge on any atom is 0.265 e. The van der Waals surface area contributed by atoms with Crippen LogP contribution in [-0.2, 0) is 11.2 Å². The predicted molar refractivity (Wildman–Crippen MR) is 106 cm³/mol. The minimum absolute atomic E-state index is 0.160. The summed E-state index contributed by atoms with van der Waals surface area (Å²) >= 11 is 0. The van der Waals surface area contributed by atoms with E-state index in [4.69, 9.17) is 4.74 Å². The topological polar surface area (TPSA) is 38.3 Å². The summed E-state index contributed by atoms with van der Waals surface area (Å²) < 4.78 is 5.78. The van der Waals surface area contributed by atoms with E-state index in [9.17, 15) is 4.79 Å². The summed E-state index contributed by atoms with van der Waals surface area (Å²) in [6.07, 6.45) is 0.186. The first-order valence-corrected chi connectivity index (χ1v) is 8.78. The van der Waals surface area contributed by atoms with E-state index < -0.39 is 6.10 Å². The fraction of sp³-hybridized carbons (Fsp3) is 0.174. The van der Waals surface area contributed by atoms with E-state index in [0.717, 1.165) is 23.2 Å². The number of aryl methyl sites for hydroxylation is 1. The number of benzene rings is 3. The first-order valence-electron chi connectivity index (χ1n) is 8.78. The molecule has 0 unspecified atom stereocenters. The Morgan fingerprint density at radius 1 is 0.962 bits per heavy atom. The van der Waals surface area contributed by atoms with Crippen LogP contribution in [0.2, 0.25) is 0 Å². The molecule has 26 heavy (non-hydrogen) atoms. The maximum atomic E-state index is 12.6. The van der Waals surface area contributed by atoms with Crippen molar-refractivity contribution >= 4 is 11.6 Å². The highest BCUT2D eigenvalue weighted by Crippen LogP contribution is 2.20. The lowest BCUT2D eigenvalue weighted by Crippen LogP contribution is -2.30. The normalized spacial score (nSPS) is 11.6. The summed E-state index contributed by atoms with van der Waals surface area (Å²) in [6, 6.07) is 25.8. The zero-order valence-electron chi connectivity index (χ0n) is 15.1. The minimum Gasteiger partial charge on any atom is -0.481 e. The minimum atomic E-state index is -0.582. The molecule has 0 aliphatic heterocycles. The summed E-state index contributed by atoms with van der Waals surface area (Å²) in [5.74, 6) is 0.539. The van der Waals surface area contributed by atoms with Gasteiger partial charge in [-0.1, -0.05) is 60.7 Å². The van der Waals surface area contributed by atoms with Crippen molar-refractivity contribution in [3.63, 3.8) is 0 Å². The molecule has 0 aliphatic carbocycles. The van der Waals surface area contributed by atoms with Crippen molar-refractivity contribution in [2.45, 2.75) is 26.4 Å². The number of carbonyl (C=O) groups excluding carboxylic acids is 1. The Morgan fingerprint density at radius 2 is 1.69 bits per heavy atom. The van der Waals surface area contributed by atoms with E-state index in [2.05, 4.69) is 17.4 Å². The summed E-state index contributed by atoms with van der Waals surface area (Å²) in [5, 5.41) is 3.00. The number of anilines is 1. The first-order chi connectivity index (χ1) is 12.6. The van der Waals surface area contributed by atoms with Gasteiger partial charge in [0.1, 0.15) is 5.75 Å². The van der Waals surface area contributed by atoms with Crippen molar-refractivity contribution in [3.05, 3.63) is 95.6 Å². The first kappa shape index (κ1) is 17.7. The maximum absolute atomic E-state index is 12.6. The summed E-state index contributed by atoms with van der Waals surface area (Å²) in [4.78, 5) is 12.6. The molecule has 1 N–H and O–H groups in total. The van der Waals surface area contributed by atoms with Gasteiger partial charge in [0.2, 0.25) is 0 Å². The van der Waals surface area contributed by atoms with Gasteiger partial charge in [0.05, 0.1) is 0 Å². The van der Waals surface area contributed by atoms with Crippen molar-refractivity contribution < 1.29 is 9.53 Å². The number of carbonyl (C=O) groups is 1. The molecule has 1 atom stereocenters. The van der Waals surface area contributed by atoms with Crippen LogP contribution in [0.1, 0.15) is 23.6 Å². The van der Waals surface area contributed by atoms with E-state index in [0.29, 0.717) is 5.75 Å². The molecule has 0 aliphatic rings. The van der Waals surface area contributed by atoms with E-state index >= 15 is 0 Å². The van der Waals surface area contributed by atoms with Gasteiger partial charge in [-0.25, -0.2) is 0 Å². The fourth-order valence-electron chi connectivity index (χ4n) is 2.79. The molecule has 0 aromatic heterocycles. The molecule has 0 bridgehead atoms.